The van der Waals surface area contributed by atoms with E-state index in [1.54, 1.807) is 12.2 Å². The van der Waals surface area contributed by atoms with Crippen molar-refractivity contribution in [2.24, 2.45) is 0 Å². The lowest BCUT2D eigenvalue weighted by Gasteiger charge is -2.23. The molecule has 0 aliphatic carbocycles. The summed E-state index contributed by atoms with van der Waals surface area (Å²) in [5.74, 6) is -5.62. The van der Waals surface area contributed by atoms with Gasteiger partial charge < -0.3 is 10.1 Å². The normalized spacial score (nSPS) is 14.8. The standard InChI is InChI=1S/C29H25ClF4N6O3/c1-15(41)37-29(2,3)26-20(33)13-39(38-26)27-24(34)25-16(11-36-27)7-5-4-6-8-18-10-22(23(30)28(42)40(18)25)43-14-21-19(32)9-17(31)12-35-21/h4-5,9-13H,6-8,14H2,1-3H3,(H,37,41)/b5-4-/i14D2. The van der Waals surface area contributed by atoms with Crippen LogP contribution in [-0.4, -0.2) is 30.2 Å². The van der Waals surface area contributed by atoms with Gasteiger partial charge in [0.05, 0.1) is 26.4 Å². The van der Waals surface area contributed by atoms with Crippen LogP contribution >= 0.6 is 11.6 Å². The number of fused-ring (bicyclic) bond motifs is 3. The summed E-state index contributed by atoms with van der Waals surface area (Å²) in [6.45, 7) is 1.31. The smallest absolute Gasteiger partial charge is 0.278 e. The molecule has 0 atom stereocenters. The molecule has 4 aromatic rings. The second-order valence-electron chi connectivity index (χ2n) is 10.2. The number of aryl methyl sites for hydroxylation is 1. The highest BCUT2D eigenvalue weighted by Gasteiger charge is 2.31. The van der Waals surface area contributed by atoms with Crippen molar-refractivity contribution in [1.29, 1.82) is 0 Å². The maximum Gasteiger partial charge on any atom is 0.278 e. The van der Waals surface area contributed by atoms with Crippen molar-refractivity contribution in [3.8, 4) is 17.3 Å². The molecular weight excluding hydrogens is 592 g/mol. The maximum atomic E-state index is 16.5. The van der Waals surface area contributed by atoms with Gasteiger partial charge >= 0.3 is 0 Å². The molecule has 224 valence electrons. The SMILES string of the molecule is [2H]C([2H])(Oc1cc2n(c(=O)c1Cl)-c1c(cnc(-n3cc(F)c(C(C)(C)NC(C)=O)n3)c1F)C/C=C\CC2)c1ncc(F)cc1F. The number of ether oxygens (including phenoxy) is 1. The van der Waals surface area contributed by atoms with E-state index in [-0.39, 0.29) is 35.5 Å². The summed E-state index contributed by atoms with van der Waals surface area (Å²) in [6, 6.07) is 1.64. The van der Waals surface area contributed by atoms with E-state index in [4.69, 9.17) is 19.1 Å². The van der Waals surface area contributed by atoms with E-state index in [1.807, 2.05) is 0 Å². The molecule has 0 saturated carbocycles. The Morgan fingerprint density at radius 1 is 1.16 bits per heavy atom. The quantitative estimate of drug-likeness (QED) is 0.241. The average Bonchev–Trinajstić information content (AvgIpc) is 3.36. The number of nitrogens with zero attached hydrogens (tertiary/aromatic N) is 5. The molecule has 0 radical (unpaired) electrons. The maximum absolute atomic E-state index is 16.5. The minimum Gasteiger partial charge on any atom is -0.485 e. The van der Waals surface area contributed by atoms with Crippen LogP contribution in [0.5, 0.6) is 5.75 Å². The second kappa shape index (κ2) is 11.6. The van der Waals surface area contributed by atoms with Crippen molar-refractivity contribution >= 4 is 17.5 Å². The summed E-state index contributed by atoms with van der Waals surface area (Å²) in [6.07, 6.45) is 7.01. The van der Waals surface area contributed by atoms with Crippen molar-refractivity contribution in [2.45, 2.75) is 52.1 Å². The molecule has 1 amide bonds. The lowest BCUT2D eigenvalue weighted by Crippen LogP contribution is -2.40. The van der Waals surface area contributed by atoms with Gasteiger partial charge in [-0.05, 0) is 33.1 Å². The van der Waals surface area contributed by atoms with Crippen molar-refractivity contribution in [1.82, 2.24) is 29.6 Å². The summed E-state index contributed by atoms with van der Waals surface area (Å²) in [5, 5.41) is 6.06. The summed E-state index contributed by atoms with van der Waals surface area (Å²) in [5.41, 5.74) is -3.17. The monoisotopic (exact) mass is 618 g/mol. The van der Waals surface area contributed by atoms with E-state index < -0.39 is 69.1 Å². The van der Waals surface area contributed by atoms with Crippen molar-refractivity contribution < 1.29 is 29.8 Å². The number of halogens is 5. The Morgan fingerprint density at radius 3 is 2.65 bits per heavy atom. The fraction of sp³-hybridized carbons (Fsp3) is 0.276. The first-order chi connectivity index (χ1) is 21.1. The number of carbonyl (C=O) groups is 1. The Balaban J connectivity index is 1.66. The third kappa shape index (κ3) is 5.89. The van der Waals surface area contributed by atoms with Gasteiger partial charge in [0.25, 0.3) is 5.56 Å². The second-order valence-corrected chi connectivity index (χ2v) is 10.6. The molecule has 0 spiro atoms. The number of aromatic nitrogens is 5. The van der Waals surface area contributed by atoms with E-state index in [2.05, 4.69) is 20.4 Å². The highest BCUT2D eigenvalue weighted by atomic mass is 35.5. The molecular formula is C29H25ClF4N6O3. The van der Waals surface area contributed by atoms with Crippen LogP contribution in [0.25, 0.3) is 11.5 Å². The third-order valence-electron chi connectivity index (χ3n) is 6.57. The van der Waals surface area contributed by atoms with Gasteiger partial charge in [-0.25, -0.2) is 27.2 Å². The van der Waals surface area contributed by atoms with Crippen LogP contribution < -0.4 is 15.6 Å². The molecule has 0 saturated heterocycles. The Labute approximate surface area is 250 Å². The molecule has 5 rings (SSSR count). The van der Waals surface area contributed by atoms with E-state index in [0.717, 1.165) is 15.4 Å². The minimum absolute atomic E-state index is 0.132. The Morgan fingerprint density at radius 2 is 1.93 bits per heavy atom. The van der Waals surface area contributed by atoms with E-state index in [0.29, 0.717) is 18.7 Å². The molecule has 4 aromatic heterocycles. The van der Waals surface area contributed by atoms with Crippen LogP contribution in [0.2, 0.25) is 5.02 Å². The predicted octanol–water partition coefficient (Wildman–Crippen LogP) is 5.02. The number of rotatable bonds is 6. The van der Waals surface area contributed by atoms with Crippen LogP contribution in [0.3, 0.4) is 0 Å². The predicted molar refractivity (Wildman–Crippen MR) is 148 cm³/mol. The molecule has 1 N–H and O–H groups in total. The molecule has 9 nitrogen and oxygen atoms in total. The van der Waals surface area contributed by atoms with E-state index in [1.165, 1.54) is 33.0 Å². The van der Waals surface area contributed by atoms with Gasteiger partial charge in [-0.15, -0.1) is 0 Å². The first kappa shape index (κ1) is 27.3. The van der Waals surface area contributed by atoms with E-state index in [9.17, 15) is 18.4 Å². The Bertz CT molecular complexity index is 1930. The molecule has 14 heteroatoms. The number of allylic oxidation sites excluding steroid dienone is 2. The highest BCUT2D eigenvalue weighted by molar-refractivity contribution is 6.31. The molecule has 0 fully saturated rings. The number of nitrogens with one attached hydrogen (secondary N) is 1. The largest absolute Gasteiger partial charge is 0.485 e. The number of amides is 1. The first-order valence-corrected chi connectivity index (χ1v) is 13.3. The van der Waals surface area contributed by atoms with Crippen LogP contribution in [-0.2, 0) is 29.7 Å². The lowest BCUT2D eigenvalue weighted by atomic mass is 10.0. The summed E-state index contributed by atoms with van der Waals surface area (Å²) < 4.78 is 82.9. The van der Waals surface area contributed by atoms with Gasteiger partial charge in [-0.1, -0.05) is 23.8 Å². The van der Waals surface area contributed by atoms with Crippen LogP contribution in [0.15, 0.2) is 47.7 Å². The van der Waals surface area contributed by atoms with Crippen molar-refractivity contribution in [2.75, 3.05) is 0 Å². The highest BCUT2D eigenvalue weighted by Crippen LogP contribution is 2.31. The summed E-state index contributed by atoms with van der Waals surface area (Å²) in [7, 11) is 0. The fourth-order valence-electron chi connectivity index (χ4n) is 4.71. The minimum atomic E-state index is -2.99. The molecule has 0 unspecified atom stereocenters. The zero-order valence-electron chi connectivity index (χ0n) is 25.0. The van der Waals surface area contributed by atoms with Crippen molar-refractivity contribution in [3.63, 3.8) is 0 Å². The summed E-state index contributed by atoms with van der Waals surface area (Å²) >= 11 is 6.36. The average molecular weight is 619 g/mol. The Hall–Kier alpha value is -4.52. The molecule has 43 heavy (non-hydrogen) atoms. The van der Waals surface area contributed by atoms with Crippen LogP contribution in [0.4, 0.5) is 17.6 Å². The van der Waals surface area contributed by atoms with Gasteiger partial charge in [0, 0.05) is 36.5 Å². The topological polar surface area (TPSA) is 104 Å². The zero-order chi connectivity index (χ0) is 32.8. The van der Waals surface area contributed by atoms with Gasteiger partial charge in [0.2, 0.25) is 5.91 Å². The lowest BCUT2D eigenvalue weighted by molar-refractivity contribution is -0.120. The summed E-state index contributed by atoms with van der Waals surface area (Å²) in [4.78, 5) is 33.0. The fourth-order valence-corrected chi connectivity index (χ4v) is 4.89. The third-order valence-corrected chi connectivity index (χ3v) is 6.92. The molecule has 0 bridgehead atoms. The van der Waals surface area contributed by atoms with Crippen LogP contribution in [0.1, 0.15) is 52.6 Å². The number of hydrogen-bond donors (Lipinski definition) is 1. The van der Waals surface area contributed by atoms with Gasteiger partial charge in [0.1, 0.15) is 34.5 Å². The number of carbonyl (C=O) groups excluding carboxylic acids is 1. The molecule has 1 aliphatic heterocycles. The zero-order valence-corrected chi connectivity index (χ0v) is 23.8. The van der Waals surface area contributed by atoms with Gasteiger partial charge in [-0.3, -0.25) is 19.1 Å². The van der Waals surface area contributed by atoms with Crippen molar-refractivity contribution in [3.05, 3.63) is 104 Å². The number of pyridine rings is 3. The number of hydrogen-bond acceptors (Lipinski definition) is 6. The molecule has 0 aromatic carbocycles. The van der Waals surface area contributed by atoms with Gasteiger partial charge in [-0.2, -0.15) is 5.10 Å². The molecule has 5 heterocycles. The van der Waals surface area contributed by atoms with Crippen LogP contribution in [0, 0.1) is 23.3 Å². The molecule has 1 aliphatic rings. The van der Waals surface area contributed by atoms with E-state index >= 15 is 8.78 Å². The Kier molecular flexibility index (Phi) is 7.39. The van der Waals surface area contributed by atoms with Gasteiger partial charge in [0.15, 0.2) is 23.3 Å². The first-order valence-electron chi connectivity index (χ1n) is 13.9.